The van der Waals surface area contributed by atoms with Gasteiger partial charge in [-0.05, 0) is 26.7 Å². The minimum Gasteiger partial charge on any atom is -0.462 e. The molecule has 6 heteroatoms. The Kier molecular flexibility index (Phi) is 6.52. The summed E-state index contributed by atoms with van der Waals surface area (Å²) in [6.07, 6.45) is 3.20. The van der Waals surface area contributed by atoms with E-state index in [9.17, 15) is 4.79 Å². The second kappa shape index (κ2) is 7.91. The van der Waals surface area contributed by atoms with Crippen molar-refractivity contribution < 1.29 is 14.6 Å². The number of carbonyl (C=O) groups is 1. The highest BCUT2D eigenvalue weighted by atomic mass is 16.5. The molecule has 1 aromatic rings. The molecule has 108 valence electrons. The highest BCUT2D eigenvalue weighted by Crippen LogP contribution is 2.10. The Labute approximate surface area is 113 Å². The van der Waals surface area contributed by atoms with Gasteiger partial charge in [0.1, 0.15) is 5.56 Å². The fourth-order valence-electron chi connectivity index (χ4n) is 1.82. The summed E-state index contributed by atoms with van der Waals surface area (Å²) < 4.78 is 6.68. The number of aryl methyl sites for hydroxylation is 1. The average Bonchev–Trinajstić information content (AvgIpc) is 2.75. The van der Waals surface area contributed by atoms with Crippen molar-refractivity contribution in [2.75, 3.05) is 13.2 Å². The minimum atomic E-state index is -0.338. The van der Waals surface area contributed by atoms with Gasteiger partial charge in [-0.25, -0.2) is 4.79 Å². The van der Waals surface area contributed by atoms with Crippen LogP contribution in [0, 0.1) is 0 Å². The molecular weight excluding hydrogens is 246 g/mol. The zero-order chi connectivity index (χ0) is 14.3. The van der Waals surface area contributed by atoms with E-state index in [1.165, 1.54) is 6.20 Å². The van der Waals surface area contributed by atoms with Crippen molar-refractivity contribution in [3.63, 3.8) is 0 Å². The quantitative estimate of drug-likeness (QED) is 0.684. The van der Waals surface area contributed by atoms with Crippen LogP contribution in [0.1, 0.15) is 42.7 Å². The number of aromatic nitrogens is 2. The van der Waals surface area contributed by atoms with E-state index >= 15 is 0 Å². The van der Waals surface area contributed by atoms with Gasteiger partial charge in [0.25, 0.3) is 0 Å². The molecular formula is C13H23N3O3. The lowest BCUT2D eigenvalue weighted by molar-refractivity contribution is 0.0524. The van der Waals surface area contributed by atoms with Crippen molar-refractivity contribution in [1.82, 2.24) is 15.1 Å². The first-order chi connectivity index (χ1) is 9.10. The highest BCUT2D eigenvalue weighted by molar-refractivity contribution is 5.90. The number of carbonyl (C=O) groups excluding carboxylic acids is 1. The summed E-state index contributed by atoms with van der Waals surface area (Å²) in [6.45, 7) is 4.94. The van der Waals surface area contributed by atoms with Gasteiger partial charge in [0, 0.05) is 26.2 Å². The normalized spacial score (nSPS) is 12.4. The van der Waals surface area contributed by atoms with Gasteiger partial charge in [-0.15, -0.1) is 0 Å². The van der Waals surface area contributed by atoms with E-state index in [1.54, 1.807) is 18.7 Å². The Balaban J connectivity index is 2.62. The highest BCUT2D eigenvalue weighted by Gasteiger charge is 2.17. The lowest BCUT2D eigenvalue weighted by Gasteiger charge is -2.14. The fourth-order valence-corrected chi connectivity index (χ4v) is 1.82. The number of esters is 1. The van der Waals surface area contributed by atoms with Gasteiger partial charge < -0.3 is 15.2 Å². The largest absolute Gasteiger partial charge is 0.462 e. The third-order valence-electron chi connectivity index (χ3n) is 2.97. The summed E-state index contributed by atoms with van der Waals surface area (Å²) in [5, 5.41) is 16.2. The van der Waals surface area contributed by atoms with Crippen molar-refractivity contribution >= 4 is 5.97 Å². The smallest absolute Gasteiger partial charge is 0.341 e. The molecule has 0 spiro atoms. The second-order valence-electron chi connectivity index (χ2n) is 4.50. The molecule has 2 N–H and O–H groups in total. The number of rotatable bonds is 8. The third kappa shape index (κ3) is 4.65. The zero-order valence-corrected chi connectivity index (χ0v) is 11.8. The molecule has 19 heavy (non-hydrogen) atoms. The molecule has 0 aliphatic rings. The zero-order valence-electron chi connectivity index (χ0n) is 11.8. The van der Waals surface area contributed by atoms with Crippen molar-refractivity contribution in [3.8, 4) is 0 Å². The molecule has 0 fully saturated rings. The fraction of sp³-hybridized carbons (Fsp3) is 0.692. The van der Waals surface area contributed by atoms with Crippen LogP contribution >= 0.6 is 0 Å². The van der Waals surface area contributed by atoms with Crippen molar-refractivity contribution in [1.29, 1.82) is 0 Å². The van der Waals surface area contributed by atoms with Crippen molar-refractivity contribution in [2.45, 2.75) is 39.3 Å². The monoisotopic (exact) mass is 269 g/mol. The Bertz CT molecular complexity index is 404. The van der Waals surface area contributed by atoms with Gasteiger partial charge in [-0.2, -0.15) is 5.10 Å². The Morgan fingerprint density at radius 2 is 2.37 bits per heavy atom. The van der Waals surface area contributed by atoms with Crippen LogP contribution in [0.5, 0.6) is 0 Å². The summed E-state index contributed by atoms with van der Waals surface area (Å²) in [5.41, 5.74) is 1.32. The van der Waals surface area contributed by atoms with Crippen LogP contribution in [-0.2, 0) is 18.3 Å². The van der Waals surface area contributed by atoms with Crippen LogP contribution in [-0.4, -0.2) is 40.1 Å². The lowest BCUT2D eigenvalue weighted by atomic mass is 10.1. The Morgan fingerprint density at radius 1 is 1.63 bits per heavy atom. The molecule has 1 aromatic heterocycles. The van der Waals surface area contributed by atoms with E-state index < -0.39 is 0 Å². The number of hydrogen-bond donors (Lipinski definition) is 2. The standard InChI is InChI=1S/C13H23N3O3/c1-4-19-13(18)11-8-15-16(3)12(11)9-14-10(2)6-5-7-17/h8,10,14,17H,4-7,9H2,1-3H3. The predicted molar refractivity (Wildman–Crippen MR) is 71.8 cm³/mol. The van der Waals surface area contributed by atoms with Crippen LogP contribution in [0.2, 0.25) is 0 Å². The van der Waals surface area contributed by atoms with Gasteiger partial charge >= 0.3 is 5.97 Å². The minimum absolute atomic E-state index is 0.200. The molecule has 0 saturated carbocycles. The number of hydrogen-bond acceptors (Lipinski definition) is 5. The van der Waals surface area contributed by atoms with E-state index in [1.807, 2.05) is 0 Å². The number of ether oxygens (including phenoxy) is 1. The van der Waals surface area contributed by atoms with Crippen LogP contribution in [0.4, 0.5) is 0 Å². The van der Waals surface area contributed by atoms with Crippen LogP contribution in [0.15, 0.2) is 6.20 Å². The van der Waals surface area contributed by atoms with Gasteiger partial charge in [-0.1, -0.05) is 0 Å². The van der Waals surface area contributed by atoms with E-state index in [0.29, 0.717) is 18.7 Å². The first-order valence-corrected chi connectivity index (χ1v) is 6.62. The molecule has 0 aromatic carbocycles. The summed E-state index contributed by atoms with van der Waals surface area (Å²) in [6, 6.07) is 0.275. The summed E-state index contributed by atoms with van der Waals surface area (Å²) in [4.78, 5) is 11.8. The SMILES string of the molecule is CCOC(=O)c1cnn(C)c1CNC(C)CCCO. The maximum atomic E-state index is 11.8. The molecule has 6 nitrogen and oxygen atoms in total. The average molecular weight is 269 g/mol. The van der Waals surface area contributed by atoms with E-state index in [4.69, 9.17) is 9.84 Å². The first-order valence-electron chi connectivity index (χ1n) is 6.62. The Morgan fingerprint density at radius 3 is 3.00 bits per heavy atom. The number of aliphatic hydroxyl groups is 1. The summed E-state index contributed by atoms with van der Waals surface area (Å²) >= 11 is 0. The van der Waals surface area contributed by atoms with Crippen LogP contribution in [0.25, 0.3) is 0 Å². The molecule has 1 heterocycles. The molecule has 0 bridgehead atoms. The molecule has 1 unspecified atom stereocenters. The second-order valence-corrected chi connectivity index (χ2v) is 4.50. The van der Waals surface area contributed by atoms with E-state index in [-0.39, 0.29) is 18.6 Å². The van der Waals surface area contributed by atoms with Gasteiger partial charge in [0.05, 0.1) is 18.5 Å². The summed E-state index contributed by atoms with van der Waals surface area (Å²) in [7, 11) is 1.80. The molecule has 0 aliphatic carbocycles. The van der Waals surface area contributed by atoms with E-state index in [0.717, 1.165) is 18.5 Å². The maximum absolute atomic E-state index is 11.8. The summed E-state index contributed by atoms with van der Waals surface area (Å²) in [5.74, 6) is -0.338. The molecule has 0 radical (unpaired) electrons. The first kappa shape index (κ1) is 15.7. The van der Waals surface area contributed by atoms with Gasteiger partial charge in [-0.3, -0.25) is 4.68 Å². The number of nitrogens with one attached hydrogen (secondary N) is 1. The molecule has 0 amide bonds. The van der Waals surface area contributed by atoms with Crippen molar-refractivity contribution in [3.05, 3.63) is 17.5 Å². The predicted octanol–water partition coefficient (Wildman–Crippen LogP) is 0.847. The van der Waals surface area contributed by atoms with Crippen LogP contribution < -0.4 is 5.32 Å². The topological polar surface area (TPSA) is 76.4 Å². The third-order valence-corrected chi connectivity index (χ3v) is 2.97. The lowest BCUT2D eigenvalue weighted by Crippen LogP contribution is -2.27. The molecule has 1 atom stereocenters. The number of aliphatic hydroxyl groups excluding tert-OH is 1. The Hall–Kier alpha value is -1.40. The van der Waals surface area contributed by atoms with E-state index in [2.05, 4.69) is 17.3 Å². The molecule has 1 rings (SSSR count). The van der Waals surface area contributed by atoms with Gasteiger partial charge in [0.2, 0.25) is 0 Å². The molecule has 0 aliphatic heterocycles. The maximum Gasteiger partial charge on any atom is 0.341 e. The molecule has 0 saturated heterocycles. The van der Waals surface area contributed by atoms with Gasteiger partial charge in [0.15, 0.2) is 0 Å². The van der Waals surface area contributed by atoms with Crippen molar-refractivity contribution in [2.24, 2.45) is 7.05 Å². The van der Waals surface area contributed by atoms with Crippen LogP contribution in [0.3, 0.4) is 0 Å². The number of nitrogens with zero attached hydrogens (tertiary/aromatic N) is 2.